The van der Waals surface area contributed by atoms with Crippen LogP contribution in [0.15, 0.2) is 41.3 Å². The maximum atomic E-state index is 12.8. The molecule has 2 aromatic rings. The maximum absolute atomic E-state index is 12.8. The Kier molecular flexibility index (Phi) is 7.22. The van der Waals surface area contributed by atoms with E-state index in [-0.39, 0.29) is 10.5 Å². The number of nitriles is 1. The Morgan fingerprint density at radius 1 is 1.12 bits per heavy atom. The summed E-state index contributed by atoms with van der Waals surface area (Å²) in [6, 6.07) is 9.81. The van der Waals surface area contributed by atoms with Gasteiger partial charge in [-0.25, -0.2) is 13.1 Å². The van der Waals surface area contributed by atoms with E-state index in [2.05, 4.69) is 10.0 Å². The number of carbonyl (C=O) groups excluding carboxylic acids is 1. The lowest BCUT2D eigenvalue weighted by Crippen LogP contribution is -2.29. The lowest BCUT2D eigenvalue weighted by Gasteiger charge is -2.17. The first-order valence-electron chi connectivity index (χ1n) is 9.93. The molecule has 0 spiro atoms. The summed E-state index contributed by atoms with van der Waals surface area (Å²) in [5, 5.41) is 12.3. The quantitative estimate of drug-likeness (QED) is 0.558. The molecule has 0 saturated heterocycles. The number of benzene rings is 2. The van der Waals surface area contributed by atoms with E-state index in [1.807, 2.05) is 6.07 Å². The summed E-state index contributed by atoms with van der Waals surface area (Å²) in [4.78, 5) is 12.8. The van der Waals surface area contributed by atoms with E-state index >= 15 is 0 Å². The normalized spacial score (nSPS) is 14.2. The van der Waals surface area contributed by atoms with Crippen molar-refractivity contribution in [1.29, 1.82) is 5.26 Å². The molecule has 3 rings (SSSR count). The van der Waals surface area contributed by atoms with Gasteiger partial charge in [0.2, 0.25) is 15.8 Å². The third-order valence-corrected chi connectivity index (χ3v) is 6.51. The molecule has 9 nitrogen and oxygen atoms in total. The molecular weight excluding hydrogens is 434 g/mol. The van der Waals surface area contributed by atoms with Gasteiger partial charge in [0.1, 0.15) is 6.04 Å². The van der Waals surface area contributed by atoms with Crippen molar-refractivity contribution < 1.29 is 27.4 Å². The molecule has 1 unspecified atom stereocenters. The Balaban J connectivity index is 1.82. The first-order chi connectivity index (χ1) is 15.3. The minimum atomic E-state index is -3.73. The van der Waals surface area contributed by atoms with Crippen LogP contribution in [-0.4, -0.2) is 42.2 Å². The smallest absolute Gasteiger partial charge is 0.252 e. The van der Waals surface area contributed by atoms with E-state index in [9.17, 15) is 18.5 Å². The number of nitrogens with one attached hydrogen (secondary N) is 2. The van der Waals surface area contributed by atoms with Crippen molar-refractivity contribution in [3.63, 3.8) is 0 Å². The molecule has 0 bridgehead atoms. The minimum Gasteiger partial charge on any atom is -0.493 e. The molecular formula is C22H25N3O6S. The molecule has 10 heteroatoms. The highest BCUT2D eigenvalue weighted by Crippen LogP contribution is 2.39. The fourth-order valence-electron chi connectivity index (χ4n) is 3.11. The van der Waals surface area contributed by atoms with E-state index in [4.69, 9.17) is 14.2 Å². The second-order valence-corrected chi connectivity index (χ2v) is 9.08. The molecule has 1 aliphatic rings. The van der Waals surface area contributed by atoms with Crippen molar-refractivity contribution in [3.8, 4) is 23.3 Å². The highest BCUT2D eigenvalue weighted by atomic mass is 32.2. The average Bonchev–Trinajstić information content (AvgIpc) is 3.64. The van der Waals surface area contributed by atoms with Gasteiger partial charge in [0.05, 0.1) is 32.3 Å². The zero-order chi connectivity index (χ0) is 23.3. The van der Waals surface area contributed by atoms with Crippen LogP contribution in [0.1, 0.15) is 34.8 Å². The zero-order valence-electron chi connectivity index (χ0n) is 18.0. The highest BCUT2D eigenvalue weighted by molar-refractivity contribution is 7.89. The number of carbonyl (C=O) groups is 1. The number of nitrogens with zero attached hydrogens (tertiary/aromatic N) is 1. The van der Waals surface area contributed by atoms with Crippen LogP contribution < -0.4 is 24.2 Å². The molecule has 1 fully saturated rings. The standard InChI is InChI=1S/C22H25N3O6S/c1-29-19-10-16(11-20(30-2)21(19)31-3)18(12-23)25-22(26)15-5-4-6-17(9-15)32(27,28)24-13-14-7-8-14/h4-6,9-11,14,18,24H,7-8,13H2,1-3H3,(H,25,26). The summed E-state index contributed by atoms with van der Waals surface area (Å²) < 4.78 is 43.5. The van der Waals surface area contributed by atoms with Gasteiger partial charge in [0.15, 0.2) is 11.5 Å². The largest absolute Gasteiger partial charge is 0.493 e. The van der Waals surface area contributed by atoms with Crippen LogP contribution in [-0.2, 0) is 10.0 Å². The number of ether oxygens (including phenoxy) is 3. The first-order valence-corrected chi connectivity index (χ1v) is 11.4. The van der Waals surface area contributed by atoms with Gasteiger partial charge in [-0.2, -0.15) is 5.26 Å². The molecule has 2 N–H and O–H groups in total. The Labute approximate surface area is 187 Å². The van der Waals surface area contributed by atoms with Crippen molar-refractivity contribution in [1.82, 2.24) is 10.0 Å². The minimum absolute atomic E-state index is 0.00732. The molecule has 1 saturated carbocycles. The molecule has 32 heavy (non-hydrogen) atoms. The van der Waals surface area contributed by atoms with Gasteiger partial charge in [0.25, 0.3) is 5.91 Å². The Hall–Kier alpha value is -3.29. The summed E-state index contributed by atoms with van der Waals surface area (Å²) in [5.41, 5.74) is 0.539. The summed E-state index contributed by atoms with van der Waals surface area (Å²) in [5.74, 6) is 0.825. The van der Waals surface area contributed by atoms with Gasteiger partial charge in [-0.05, 0) is 54.7 Å². The Bertz CT molecular complexity index is 1110. The molecule has 1 aliphatic carbocycles. The number of amides is 1. The van der Waals surface area contributed by atoms with Crippen LogP contribution in [0.3, 0.4) is 0 Å². The third-order valence-electron chi connectivity index (χ3n) is 5.09. The van der Waals surface area contributed by atoms with Crippen molar-refractivity contribution in [2.24, 2.45) is 5.92 Å². The van der Waals surface area contributed by atoms with Crippen molar-refractivity contribution >= 4 is 15.9 Å². The molecule has 0 heterocycles. The number of rotatable bonds is 10. The van der Waals surface area contributed by atoms with E-state index in [0.29, 0.717) is 35.3 Å². The molecule has 0 aliphatic heterocycles. The van der Waals surface area contributed by atoms with Crippen molar-refractivity contribution in [2.45, 2.75) is 23.8 Å². The topological polar surface area (TPSA) is 127 Å². The Morgan fingerprint density at radius 3 is 2.31 bits per heavy atom. The SMILES string of the molecule is COc1cc(C(C#N)NC(=O)c2cccc(S(=O)(=O)NCC3CC3)c2)cc(OC)c1OC. The van der Waals surface area contributed by atoms with Crippen LogP contribution in [0.2, 0.25) is 0 Å². The molecule has 1 atom stereocenters. The third kappa shape index (κ3) is 5.30. The van der Waals surface area contributed by atoms with Gasteiger partial charge < -0.3 is 19.5 Å². The maximum Gasteiger partial charge on any atom is 0.252 e. The molecule has 1 amide bonds. The second-order valence-electron chi connectivity index (χ2n) is 7.32. The summed E-state index contributed by atoms with van der Waals surface area (Å²) in [7, 11) is 0.634. The number of hydrogen-bond donors (Lipinski definition) is 2. The summed E-state index contributed by atoms with van der Waals surface area (Å²) in [6.45, 7) is 0.385. The summed E-state index contributed by atoms with van der Waals surface area (Å²) >= 11 is 0. The number of sulfonamides is 1. The van der Waals surface area contributed by atoms with Gasteiger partial charge in [-0.3, -0.25) is 4.79 Å². The van der Waals surface area contributed by atoms with Crippen LogP contribution in [0, 0.1) is 17.2 Å². The molecule has 2 aromatic carbocycles. The van der Waals surface area contributed by atoms with E-state index < -0.39 is 22.0 Å². The fraction of sp³-hybridized carbons (Fsp3) is 0.364. The van der Waals surface area contributed by atoms with E-state index in [1.54, 1.807) is 12.1 Å². The average molecular weight is 460 g/mol. The number of hydrogen-bond acceptors (Lipinski definition) is 7. The van der Waals surface area contributed by atoms with Crippen LogP contribution in [0.25, 0.3) is 0 Å². The van der Waals surface area contributed by atoms with Crippen molar-refractivity contribution in [2.75, 3.05) is 27.9 Å². The predicted octanol–water partition coefficient (Wildman–Crippen LogP) is 2.40. The number of methoxy groups -OCH3 is 3. The monoisotopic (exact) mass is 459 g/mol. The predicted molar refractivity (Wildman–Crippen MR) is 116 cm³/mol. The van der Waals surface area contributed by atoms with Crippen molar-refractivity contribution in [3.05, 3.63) is 47.5 Å². The zero-order valence-corrected chi connectivity index (χ0v) is 18.9. The van der Waals surface area contributed by atoms with E-state index in [0.717, 1.165) is 12.8 Å². The van der Waals surface area contributed by atoms with Gasteiger partial charge in [0, 0.05) is 12.1 Å². The summed E-state index contributed by atoms with van der Waals surface area (Å²) in [6.07, 6.45) is 2.03. The van der Waals surface area contributed by atoms with Crippen LogP contribution >= 0.6 is 0 Å². The molecule has 0 aromatic heterocycles. The van der Waals surface area contributed by atoms with E-state index in [1.165, 1.54) is 45.6 Å². The second kappa shape index (κ2) is 9.89. The lowest BCUT2D eigenvalue weighted by atomic mass is 10.1. The van der Waals surface area contributed by atoms with Gasteiger partial charge >= 0.3 is 0 Å². The van der Waals surface area contributed by atoms with Gasteiger partial charge in [-0.1, -0.05) is 6.07 Å². The molecule has 170 valence electrons. The highest BCUT2D eigenvalue weighted by Gasteiger charge is 2.25. The fourth-order valence-corrected chi connectivity index (χ4v) is 4.27. The van der Waals surface area contributed by atoms with Crippen LogP contribution in [0.4, 0.5) is 0 Å². The molecule has 0 radical (unpaired) electrons. The Morgan fingerprint density at radius 2 is 1.78 bits per heavy atom. The lowest BCUT2D eigenvalue weighted by molar-refractivity contribution is 0.0945. The van der Waals surface area contributed by atoms with Gasteiger partial charge in [-0.15, -0.1) is 0 Å². The first kappa shape index (κ1) is 23.4. The van der Waals surface area contributed by atoms with Crippen LogP contribution in [0.5, 0.6) is 17.2 Å².